The fourth-order valence-corrected chi connectivity index (χ4v) is 2.99. The number of carboxylic acid groups (broad SMARTS) is 1. The van der Waals surface area contributed by atoms with Gasteiger partial charge in [0.05, 0.1) is 0 Å². The fraction of sp³-hybridized carbons (Fsp3) is 0.933. The van der Waals surface area contributed by atoms with Crippen LogP contribution in [-0.2, 0) is 4.79 Å². The Morgan fingerprint density at radius 2 is 1.95 bits per heavy atom. The van der Waals surface area contributed by atoms with Crippen molar-refractivity contribution in [3.05, 3.63) is 0 Å². The lowest BCUT2D eigenvalue weighted by Gasteiger charge is -2.50. The molecule has 1 fully saturated rings. The highest BCUT2D eigenvalue weighted by Gasteiger charge is 2.41. The second kappa shape index (κ2) is 6.41. The van der Waals surface area contributed by atoms with E-state index in [-0.39, 0.29) is 11.6 Å². The molecule has 5 nitrogen and oxygen atoms in total. The van der Waals surface area contributed by atoms with Gasteiger partial charge in [-0.3, -0.25) is 4.79 Å². The Morgan fingerprint density at radius 3 is 2.25 bits per heavy atom. The molecule has 1 aliphatic rings. The van der Waals surface area contributed by atoms with Crippen molar-refractivity contribution >= 4 is 5.97 Å². The Hall–Kier alpha value is -0.650. The summed E-state index contributed by atoms with van der Waals surface area (Å²) in [5.41, 5.74) is -0.582. The lowest BCUT2D eigenvalue weighted by atomic mass is 9.75. The van der Waals surface area contributed by atoms with Crippen LogP contribution < -0.4 is 5.32 Å². The number of aliphatic carboxylic acids is 1. The fourth-order valence-electron chi connectivity index (χ4n) is 2.99. The highest BCUT2D eigenvalue weighted by atomic mass is 16.4. The molecule has 0 aromatic rings. The van der Waals surface area contributed by atoms with E-state index in [0.717, 1.165) is 6.54 Å². The molecule has 0 bridgehead atoms. The van der Waals surface area contributed by atoms with Crippen molar-refractivity contribution in [2.75, 3.05) is 34.7 Å². The van der Waals surface area contributed by atoms with Gasteiger partial charge in [0.2, 0.25) is 0 Å². The zero-order valence-electron chi connectivity index (χ0n) is 13.9. The van der Waals surface area contributed by atoms with E-state index in [1.807, 2.05) is 0 Å². The van der Waals surface area contributed by atoms with Gasteiger partial charge < -0.3 is 20.2 Å². The van der Waals surface area contributed by atoms with Gasteiger partial charge in [0.1, 0.15) is 5.54 Å². The predicted octanol–water partition coefficient (Wildman–Crippen LogP) is 1.24. The summed E-state index contributed by atoms with van der Waals surface area (Å²) in [6.07, 6.45) is 4.36. The van der Waals surface area contributed by atoms with Crippen LogP contribution in [-0.4, -0.2) is 72.7 Å². The minimum Gasteiger partial charge on any atom is -0.480 e. The van der Waals surface area contributed by atoms with Gasteiger partial charge >= 0.3 is 5.97 Å². The van der Waals surface area contributed by atoms with Crippen molar-refractivity contribution in [1.29, 1.82) is 0 Å². The molecule has 0 heterocycles. The van der Waals surface area contributed by atoms with Crippen molar-refractivity contribution in [2.45, 2.75) is 56.7 Å². The van der Waals surface area contributed by atoms with Gasteiger partial charge in [-0.15, -0.1) is 0 Å². The Labute approximate surface area is 123 Å². The lowest BCUT2D eigenvalue weighted by molar-refractivity contribution is -0.144. The standard InChI is InChI=1S/C15H31N3O2/c1-12(10-14(2,16-3)13(19)20)18(6)11-15(17(4)5)8-7-9-15/h12,16H,7-11H2,1-6H3,(H,19,20). The summed E-state index contributed by atoms with van der Waals surface area (Å²) < 4.78 is 0. The molecule has 0 aliphatic heterocycles. The molecule has 0 radical (unpaired) electrons. The number of rotatable bonds is 8. The van der Waals surface area contributed by atoms with Gasteiger partial charge in [0.15, 0.2) is 0 Å². The second-order valence-corrected chi connectivity index (χ2v) is 6.83. The molecule has 118 valence electrons. The number of carbonyl (C=O) groups is 1. The molecule has 5 heteroatoms. The first kappa shape index (κ1) is 17.4. The van der Waals surface area contributed by atoms with Gasteiger partial charge in [-0.05, 0) is 67.7 Å². The first-order valence-electron chi connectivity index (χ1n) is 7.47. The summed E-state index contributed by atoms with van der Waals surface area (Å²) in [7, 11) is 8.11. The van der Waals surface area contributed by atoms with Crippen LogP contribution in [0.5, 0.6) is 0 Å². The van der Waals surface area contributed by atoms with E-state index < -0.39 is 11.5 Å². The van der Waals surface area contributed by atoms with Crippen LogP contribution in [0.15, 0.2) is 0 Å². The molecule has 0 saturated heterocycles. The van der Waals surface area contributed by atoms with Crippen LogP contribution in [0.3, 0.4) is 0 Å². The summed E-state index contributed by atoms with van der Waals surface area (Å²) in [6, 6.07) is 0.223. The largest absolute Gasteiger partial charge is 0.480 e. The molecule has 2 unspecified atom stereocenters. The average molecular weight is 285 g/mol. The second-order valence-electron chi connectivity index (χ2n) is 6.83. The average Bonchev–Trinajstić information content (AvgIpc) is 2.32. The van der Waals surface area contributed by atoms with E-state index in [1.54, 1.807) is 14.0 Å². The highest BCUT2D eigenvalue weighted by Crippen LogP contribution is 2.37. The molecule has 1 aliphatic carbocycles. The van der Waals surface area contributed by atoms with Crippen LogP contribution in [0.2, 0.25) is 0 Å². The zero-order valence-corrected chi connectivity index (χ0v) is 13.9. The van der Waals surface area contributed by atoms with E-state index in [0.29, 0.717) is 6.42 Å². The molecular weight excluding hydrogens is 254 g/mol. The van der Waals surface area contributed by atoms with E-state index in [9.17, 15) is 9.90 Å². The molecule has 0 spiro atoms. The maximum absolute atomic E-state index is 11.4. The number of hydrogen-bond donors (Lipinski definition) is 2. The first-order valence-corrected chi connectivity index (χ1v) is 7.47. The van der Waals surface area contributed by atoms with E-state index in [4.69, 9.17) is 0 Å². The van der Waals surface area contributed by atoms with Crippen LogP contribution in [0.1, 0.15) is 39.5 Å². The first-order chi connectivity index (χ1) is 9.17. The van der Waals surface area contributed by atoms with Crippen LogP contribution in [0.4, 0.5) is 0 Å². The number of likely N-dealkylation sites (N-methyl/N-ethyl adjacent to an activating group) is 3. The maximum Gasteiger partial charge on any atom is 0.323 e. The third kappa shape index (κ3) is 3.51. The topological polar surface area (TPSA) is 55.8 Å². The molecule has 2 atom stereocenters. The maximum atomic E-state index is 11.4. The normalized spacial score (nSPS) is 22.4. The van der Waals surface area contributed by atoms with Gasteiger partial charge in [-0.1, -0.05) is 0 Å². The number of carboxylic acids is 1. The molecule has 20 heavy (non-hydrogen) atoms. The Balaban J connectivity index is 2.63. The van der Waals surface area contributed by atoms with E-state index >= 15 is 0 Å². The molecule has 1 saturated carbocycles. The quantitative estimate of drug-likeness (QED) is 0.703. The molecular formula is C15H31N3O2. The molecule has 0 aromatic heterocycles. The van der Waals surface area contributed by atoms with Crippen molar-refractivity contribution in [3.8, 4) is 0 Å². The van der Waals surface area contributed by atoms with Crippen molar-refractivity contribution in [1.82, 2.24) is 15.1 Å². The summed E-state index contributed by atoms with van der Waals surface area (Å²) in [5.74, 6) is -0.786. The molecule has 1 rings (SSSR count). The smallest absolute Gasteiger partial charge is 0.323 e. The van der Waals surface area contributed by atoms with Gasteiger partial charge in [0.25, 0.3) is 0 Å². The lowest BCUT2D eigenvalue weighted by Crippen LogP contribution is -2.59. The van der Waals surface area contributed by atoms with Crippen molar-refractivity contribution < 1.29 is 9.90 Å². The Morgan fingerprint density at radius 1 is 1.40 bits per heavy atom. The molecule has 2 N–H and O–H groups in total. The van der Waals surface area contributed by atoms with Gasteiger partial charge in [-0.2, -0.15) is 0 Å². The number of nitrogens with zero attached hydrogens (tertiary/aromatic N) is 2. The summed E-state index contributed by atoms with van der Waals surface area (Å²) in [6.45, 7) is 4.87. The number of hydrogen-bond acceptors (Lipinski definition) is 4. The highest BCUT2D eigenvalue weighted by molar-refractivity contribution is 5.78. The monoisotopic (exact) mass is 285 g/mol. The number of nitrogens with one attached hydrogen (secondary N) is 1. The predicted molar refractivity (Wildman–Crippen MR) is 82.1 cm³/mol. The van der Waals surface area contributed by atoms with Crippen molar-refractivity contribution in [3.63, 3.8) is 0 Å². The zero-order chi connectivity index (χ0) is 15.6. The third-order valence-electron chi connectivity index (χ3n) is 5.26. The van der Waals surface area contributed by atoms with Crippen molar-refractivity contribution in [2.24, 2.45) is 0 Å². The van der Waals surface area contributed by atoms with E-state index in [2.05, 4.69) is 43.2 Å². The molecule has 0 aromatic carbocycles. The van der Waals surface area contributed by atoms with Crippen LogP contribution in [0.25, 0.3) is 0 Å². The Bertz CT molecular complexity index is 342. The van der Waals surface area contributed by atoms with E-state index in [1.165, 1.54) is 19.3 Å². The SMILES string of the molecule is CNC(C)(CC(C)N(C)CC1(N(C)C)CCC1)C(=O)O. The van der Waals surface area contributed by atoms with Gasteiger partial charge in [0, 0.05) is 18.1 Å². The summed E-state index contributed by atoms with van der Waals surface area (Å²) in [5, 5.41) is 12.3. The third-order valence-corrected chi connectivity index (χ3v) is 5.26. The molecule has 0 amide bonds. The summed E-state index contributed by atoms with van der Waals surface area (Å²) in [4.78, 5) is 16.0. The summed E-state index contributed by atoms with van der Waals surface area (Å²) >= 11 is 0. The Kier molecular flexibility index (Phi) is 5.58. The van der Waals surface area contributed by atoms with Gasteiger partial charge in [-0.25, -0.2) is 0 Å². The minimum atomic E-state index is -0.863. The minimum absolute atomic E-state index is 0.223. The van der Waals surface area contributed by atoms with Crippen LogP contribution in [0, 0.1) is 0 Å². The van der Waals surface area contributed by atoms with Crippen LogP contribution >= 0.6 is 0 Å².